The van der Waals surface area contributed by atoms with E-state index in [0.717, 1.165) is 11.6 Å². The molecular weight excluding hydrogens is 369 g/mol. The summed E-state index contributed by atoms with van der Waals surface area (Å²) in [4.78, 5) is 30.6. The Balaban J connectivity index is 2.08. The van der Waals surface area contributed by atoms with Crippen molar-refractivity contribution in [1.82, 2.24) is 9.97 Å². The summed E-state index contributed by atoms with van der Waals surface area (Å²) in [6.45, 7) is 1.86. The van der Waals surface area contributed by atoms with E-state index in [4.69, 9.17) is 4.74 Å². The molecule has 1 aromatic carbocycles. The number of nitrogens with zero attached hydrogens (tertiary/aromatic N) is 1. The molecule has 0 spiro atoms. The van der Waals surface area contributed by atoms with Crippen LogP contribution in [-0.4, -0.2) is 28.4 Å². The zero-order valence-corrected chi connectivity index (χ0v) is 14.9. The third-order valence-corrected chi connectivity index (χ3v) is 4.27. The van der Waals surface area contributed by atoms with Crippen molar-refractivity contribution < 1.29 is 22.7 Å². The molecule has 1 atom stereocenters. The van der Waals surface area contributed by atoms with Crippen molar-refractivity contribution >= 4 is 17.5 Å². The number of alkyl halides is 3. The van der Waals surface area contributed by atoms with Gasteiger partial charge in [-0.15, -0.1) is 0 Å². The first-order chi connectivity index (χ1) is 12.2. The highest BCUT2D eigenvalue weighted by Crippen LogP contribution is 2.37. The molecular formula is C17H17F3N2O3S. The van der Waals surface area contributed by atoms with Gasteiger partial charge in [0.25, 0.3) is 5.56 Å². The number of carbonyl (C=O) groups is 1. The lowest BCUT2D eigenvalue weighted by molar-refractivity contribution is -0.0328. The van der Waals surface area contributed by atoms with Crippen LogP contribution in [0.5, 0.6) is 0 Å². The summed E-state index contributed by atoms with van der Waals surface area (Å²) < 4.78 is 42.0. The van der Waals surface area contributed by atoms with Crippen molar-refractivity contribution in [3.63, 3.8) is 0 Å². The molecule has 1 N–H and O–H groups in total. The van der Waals surface area contributed by atoms with Crippen molar-refractivity contribution in [2.24, 2.45) is 0 Å². The molecule has 5 nitrogen and oxygen atoms in total. The fourth-order valence-corrected chi connectivity index (χ4v) is 2.89. The molecule has 140 valence electrons. The summed E-state index contributed by atoms with van der Waals surface area (Å²) in [5.41, 5.74) is -4.02. The monoisotopic (exact) mass is 386 g/mol. The molecule has 0 aliphatic rings. The van der Waals surface area contributed by atoms with E-state index in [-0.39, 0.29) is 52.9 Å². The molecule has 0 saturated carbocycles. The van der Waals surface area contributed by atoms with E-state index in [1.807, 2.05) is 0 Å². The first-order valence-corrected chi connectivity index (χ1v) is 8.47. The molecule has 1 heterocycles. The summed E-state index contributed by atoms with van der Waals surface area (Å²) in [6, 6.07) is 6.99. The topological polar surface area (TPSA) is 72.0 Å². The van der Waals surface area contributed by atoms with Crippen LogP contribution in [0.15, 0.2) is 40.0 Å². The highest BCUT2D eigenvalue weighted by molar-refractivity contribution is 8.00. The number of halogens is 3. The number of aromatic nitrogens is 2. The third kappa shape index (κ3) is 5.99. The SMILES string of the molecule is COCc1nc(C(=O)C[C@H](C)c2ccc(SC(F)(F)F)cc2)cc(=O)[nH]1. The Morgan fingerprint density at radius 3 is 2.54 bits per heavy atom. The number of Topliss-reactive ketones (excluding diaryl/α,β-unsaturated/α-hetero) is 1. The van der Waals surface area contributed by atoms with Crippen LogP contribution in [0.2, 0.25) is 0 Å². The summed E-state index contributed by atoms with van der Waals surface area (Å²) in [5.74, 6) is -0.307. The van der Waals surface area contributed by atoms with E-state index < -0.39 is 11.1 Å². The van der Waals surface area contributed by atoms with Gasteiger partial charge < -0.3 is 9.72 Å². The Morgan fingerprint density at radius 1 is 1.31 bits per heavy atom. The molecule has 2 aromatic rings. The van der Waals surface area contributed by atoms with Gasteiger partial charge in [0.15, 0.2) is 5.78 Å². The molecule has 0 aliphatic carbocycles. The third-order valence-electron chi connectivity index (χ3n) is 3.53. The highest BCUT2D eigenvalue weighted by atomic mass is 32.2. The van der Waals surface area contributed by atoms with Crippen molar-refractivity contribution in [1.29, 1.82) is 0 Å². The average Bonchev–Trinajstić information content (AvgIpc) is 2.53. The first-order valence-electron chi connectivity index (χ1n) is 7.66. The minimum Gasteiger partial charge on any atom is -0.377 e. The molecule has 0 saturated heterocycles. The molecule has 26 heavy (non-hydrogen) atoms. The Kier molecular flexibility index (Phi) is 6.60. The number of aromatic amines is 1. The van der Waals surface area contributed by atoms with Gasteiger partial charge in [-0.1, -0.05) is 19.1 Å². The van der Waals surface area contributed by atoms with Gasteiger partial charge in [-0.3, -0.25) is 9.59 Å². The largest absolute Gasteiger partial charge is 0.446 e. The maximum atomic E-state index is 12.4. The Labute approximate surface area is 152 Å². The Bertz CT molecular complexity index is 819. The molecule has 0 radical (unpaired) electrons. The molecule has 0 unspecified atom stereocenters. The number of ketones is 1. The van der Waals surface area contributed by atoms with Crippen LogP contribution in [0.1, 0.15) is 41.1 Å². The minimum atomic E-state index is -4.34. The molecule has 2 rings (SSSR count). The van der Waals surface area contributed by atoms with E-state index in [1.165, 1.54) is 19.2 Å². The number of carbonyl (C=O) groups excluding carboxylic acids is 1. The van der Waals surface area contributed by atoms with Crippen molar-refractivity contribution in [2.75, 3.05) is 7.11 Å². The minimum absolute atomic E-state index is 0.0388. The average molecular weight is 386 g/mol. The fourth-order valence-electron chi connectivity index (χ4n) is 2.35. The first kappa shape index (κ1) is 20.2. The number of methoxy groups -OCH3 is 1. The number of rotatable bonds is 7. The zero-order chi connectivity index (χ0) is 19.3. The Hall–Kier alpha value is -2.13. The van der Waals surface area contributed by atoms with Crippen LogP contribution < -0.4 is 5.56 Å². The van der Waals surface area contributed by atoms with Crippen LogP contribution in [0.3, 0.4) is 0 Å². The Morgan fingerprint density at radius 2 is 1.96 bits per heavy atom. The predicted molar refractivity (Wildman–Crippen MR) is 91.3 cm³/mol. The van der Waals surface area contributed by atoms with E-state index in [1.54, 1.807) is 19.1 Å². The van der Waals surface area contributed by atoms with Gasteiger partial charge >= 0.3 is 5.51 Å². The lowest BCUT2D eigenvalue weighted by Gasteiger charge is -2.12. The summed E-state index contributed by atoms with van der Waals surface area (Å²) in [6.07, 6.45) is 0.0780. The quantitative estimate of drug-likeness (QED) is 0.577. The molecule has 0 aliphatic heterocycles. The number of H-pyrrole nitrogens is 1. The molecule has 0 bridgehead atoms. The number of thioether (sulfide) groups is 1. The smallest absolute Gasteiger partial charge is 0.377 e. The summed E-state index contributed by atoms with van der Waals surface area (Å²) >= 11 is -0.187. The van der Waals surface area contributed by atoms with Crippen LogP contribution in [0.25, 0.3) is 0 Å². The number of benzene rings is 1. The second-order valence-electron chi connectivity index (χ2n) is 5.66. The standard InChI is InChI=1S/C17H17F3N2O3S/c1-10(11-3-5-12(6-4-11)26-17(18,19)20)7-14(23)13-8-16(24)22-15(21-13)9-25-2/h3-6,8,10H,7,9H2,1-2H3,(H,21,22,24)/t10-/m0/s1. The van der Waals surface area contributed by atoms with Crippen molar-refractivity contribution in [2.45, 2.75) is 36.3 Å². The van der Waals surface area contributed by atoms with Gasteiger partial charge in [0.1, 0.15) is 18.1 Å². The van der Waals surface area contributed by atoms with Crippen molar-refractivity contribution in [3.05, 3.63) is 57.8 Å². The van der Waals surface area contributed by atoms with Crippen LogP contribution in [0, 0.1) is 0 Å². The van der Waals surface area contributed by atoms with Gasteiger partial charge in [0.2, 0.25) is 0 Å². The fraction of sp³-hybridized carbons (Fsp3) is 0.353. The van der Waals surface area contributed by atoms with Gasteiger partial charge in [0, 0.05) is 24.5 Å². The molecule has 1 aromatic heterocycles. The van der Waals surface area contributed by atoms with Crippen LogP contribution in [-0.2, 0) is 11.3 Å². The van der Waals surface area contributed by atoms with Gasteiger partial charge in [-0.25, -0.2) is 4.98 Å². The number of nitrogens with one attached hydrogen (secondary N) is 1. The van der Waals surface area contributed by atoms with E-state index in [2.05, 4.69) is 9.97 Å². The van der Waals surface area contributed by atoms with Gasteiger partial charge in [0.05, 0.1) is 0 Å². The van der Waals surface area contributed by atoms with E-state index in [9.17, 15) is 22.8 Å². The van der Waals surface area contributed by atoms with Crippen LogP contribution in [0.4, 0.5) is 13.2 Å². The number of ether oxygens (including phenoxy) is 1. The second kappa shape index (κ2) is 8.50. The second-order valence-corrected chi connectivity index (χ2v) is 6.79. The summed E-state index contributed by atoms with van der Waals surface area (Å²) in [7, 11) is 1.44. The van der Waals surface area contributed by atoms with E-state index in [0.29, 0.717) is 0 Å². The lowest BCUT2D eigenvalue weighted by Crippen LogP contribution is -2.17. The van der Waals surface area contributed by atoms with Gasteiger partial charge in [-0.2, -0.15) is 13.2 Å². The van der Waals surface area contributed by atoms with Crippen LogP contribution >= 0.6 is 11.8 Å². The normalized spacial score (nSPS) is 12.8. The van der Waals surface area contributed by atoms with Crippen molar-refractivity contribution in [3.8, 4) is 0 Å². The van der Waals surface area contributed by atoms with Gasteiger partial charge in [-0.05, 0) is 35.4 Å². The zero-order valence-electron chi connectivity index (χ0n) is 14.1. The summed E-state index contributed by atoms with van der Waals surface area (Å²) in [5, 5.41) is 0. The predicted octanol–water partition coefficient (Wildman–Crippen LogP) is 3.90. The molecule has 0 fully saturated rings. The lowest BCUT2D eigenvalue weighted by atomic mass is 9.95. The number of hydrogen-bond donors (Lipinski definition) is 1. The highest BCUT2D eigenvalue weighted by Gasteiger charge is 2.29. The maximum Gasteiger partial charge on any atom is 0.446 e. The maximum absolute atomic E-state index is 12.4. The van der Waals surface area contributed by atoms with E-state index >= 15 is 0 Å². The molecule has 9 heteroatoms. The number of hydrogen-bond acceptors (Lipinski definition) is 5. The molecule has 0 amide bonds.